The third kappa shape index (κ3) is 1.99. The zero-order valence-corrected chi connectivity index (χ0v) is 14.2. The minimum absolute atomic E-state index is 0.0585. The van der Waals surface area contributed by atoms with Crippen LogP contribution in [0.2, 0.25) is 0 Å². The number of aromatic nitrogens is 1. The van der Waals surface area contributed by atoms with Gasteiger partial charge in [0.15, 0.2) is 11.6 Å². The van der Waals surface area contributed by atoms with Crippen molar-refractivity contribution in [2.75, 3.05) is 0 Å². The van der Waals surface area contributed by atoms with E-state index in [1.807, 2.05) is 12.1 Å². The normalized spacial score (nSPS) is 14.7. The number of ketones is 2. The Hall–Kier alpha value is -3.19. The molecule has 0 saturated carbocycles. The van der Waals surface area contributed by atoms with E-state index in [1.54, 1.807) is 24.3 Å². The van der Waals surface area contributed by atoms with Crippen LogP contribution >= 0.6 is 0 Å². The minimum atomic E-state index is -0.403. The van der Waals surface area contributed by atoms with Crippen LogP contribution < -0.4 is 0 Å². The quantitative estimate of drug-likeness (QED) is 0.683. The van der Waals surface area contributed by atoms with E-state index in [1.165, 1.54) is 6.92 Å². The lowest BCUT2D eigenvalue weighted by Crippen LogP contribution is -2.30. The summed E-state index contributed by atoms with van der Waals surface area (Å²) in [5, 5.41) is 9.93. The van der Waals surface area contributed by atoms with Gasteiger partial charge in [-0.05, 0) is 30.7 Å². The fourth-order valence-electron chi connectivity index (χ4n) is 3.74. The lowest BCUT2D eigenvalue weighted by Gasteiger charge is -2.32. The number of hydrogen-bond donors (Lipinski definition) is 1. The Morgan fingerprint density at radius 1 is 1.16 bits per heavy atom. The van der Waals surface area contributed by atoms with Gasteiger partial charge in [0.25, 0.3) is 0 Å². The van der Waals surface area contributed by atoms with Gasteiger partial charge in [0.2, 0.25) is 0 Å². The second kappa shape index (κ2) is 4.90. The van der Waals surface area contributed by atoms with E-state index in [9.17, 15) is 9.59 Å². The lowest BCUT2D eigenvalue weighted by atomic mass is 9.71. The Morgan fingerprint density at radius 3 is 2.60 bits per heavy atom. The average molecular weight is 328 g/mol. The molecule has 4 nitrogen and oxygen atoms in total. The summed E-state index contributed by atoms with van der Waals surface area (Å²) in [4.78, 5) is 28.3. The Balaban J connectivity index is 2.05. The van der Waals surface area contributed by atoms with Gasteiger partial charge in [0.1, 0.15) is 0 Å². The zero-order chi connectivity index (χ0) is 17.9. The first-order valence-corrected chi connectivity index (χ1v) is 8.11. The summed E-state index contributed by atoms with van der Waals surface area (Å²) in [7, 11) is 0. The summed E-state index contributed by atoms with van der Waals surface area (Å²) < 4.78 is 0. The molecule has 1 aliphatic carbocycles. The van der Waals surface area contributed by atoms with E-state index in [0.717, 1.165) is 22.2 Å². The van der Waals surface area contributed by atoms with Crippen LogP contribution in [0.25, 0.3) is 10.9 Å². The van der Waals surface area contributed by atoms with E-state index in [-0.39, 0.29) is 11.6 Å². The Labute approximate surface area is 145 Å². The fraction of sp³-hybridized carbons (Fsp3) is 0.190. The van der Waals surface area contributed by atoms with Gasteiger partial charge in [-0.1, -0.05) is 32.0 Å². The Kier molecular flexibility index (Phi) is 3.01. The van der Waals surface area contributed by atoms with Crippen molar-refractivity contribution in [2.24, 2.45) is 0 Å². The molecule has 4 heteroatoms. The van der Waals surface area contributed by atoms with Crippen LogP contribution in [0.4, 0.5) is 0 Å². The highest BCUT2D eigenvalue weighted by Crippen LogP contribution is 2.43. The van der Waals surface area contributed by atoms with E-state index >= 15 is 0 Å². The van der Waals surface area contributed by atoms with Crippen molar-refractivity contribution >= 4 is 22.5 Å². The molecule has 3 aromatic rings. The first kappa shape index (κ1) is 15.3. The SMILES string of the molecule is CC(=O)c1ccc2c(c1)C(=O)c1c([nH]c3cc(C#N)ccc13)C2(C)C. The number of carbonyl (C=O) groups excluding carboxylic acids is 2. The molecule has 0 fully saturated rings. The second-order valence-corrected chi connectivity index (χ2v) is 7.02. The smallest absolute Gasteiger partial charge is 0.195 e. The van der Waals surface area contributed by atoms with E-state index < -0.39 is 5.41 Å². The van der Waals surface area contributed by atoms with Crippen molar-refractivity contribution < 1.29 is 9.59 Å². The van der Waals surface area contributed by atoms with Crippen LogP contribution in [-0.4, -0.2) is 16.6 Å². The van der Waals surface area contributed by atoms with Gasteiger partial charge in [0, 0.05) is 33.1 Å². The zero-order valence-electron chi connectivity index (χ0n) is 14.2. The molecule has 1 heterocycles. The van der Waals surface area contributed by atoms with Crippen molar-refractivity contribution in [3.8, 4) is 6.07 Å². The van der Waals surface area contributed by atoms with Gasteiger partial charge < -0.3 is 4.98 Å². The number of carbonyl (C=O) groups is 2. The van der Waals surface area contributed by atoms with Gasteiger partial charge in [0.05, 0.1) is 17.2 Å². The molecule has 122 valence electrons. The Morgan fingerprint density at radius 2 is 1.92 bits per heavy atom. The van der Waals surface area contributed by atoms with Crippen molar-refractivity contribution in [1.29, 1.82) is 5.26 Å². The summed E-state index contributed by atoms with van der Waals surface area (Å²) in [6.07, 6.45) is 0. The number of nitrogens with zero attached hydrogens (tertiary/aromatic N) is 1. The molecule has 2 aromatic carbocycles. The highest BCUT2D eigenvalue weighted by molar-refractivity contribution is 6.20. The van der Waals surface area contributed by atoms with Gasteiger partial charge in [-0.15, -0.1) is 0 Å². The molecule has 0 atom stereocenters. The van der Waals surface area contributed by atoms with Crippen molar-refractivity contribution in [3.63, 3.8) is 0 Å². The number of fused-ring (bicyclic) bond motifs is 4. The van der Waals surface area contributed by atoms with Crippen molar-refractivity contribution in [2.45, 2.75) is 26.2 Å². The molecule has 0 aliphatic heterocycles. The molecule has 4 rings (SSSR count). The van der Waals surface area contributed by atoms with Crippen LogP contribution in [-0.2, 0) is 5.41 Å². The average Bonchev–Trinajstić information content (AvgIpc) is 2.99. The summed E-state index contributed by atoms with van der Waals surface area (Å²) >= 11 is 0. The first-order chi connectivity index (χ1) is 11.8. The molecule has 25 heavy (non-hydrogen) atoms. The highest BCUT2D eigenvalue weighted by atomic mass is 16.1. The summed E-state index contributed by atoms with van der Waals surface area (Å²) in [5.41, 5.74) is 4.44. The largest absolute Gasteiger partial charge is 0.357 e. The number of hydrogen-bond acceptors (Lipinski definition) is 3. The molecule has 1 aliphatic rings. The van der Waals surface area contributed by atoms with Crippen LogP contribution in [0.1, 0.15) is 63.9 Å². The van der Waals surface area contributed by atoms with Crippen LogP contribution in [0, 0.1) is 11.3 Å². The van der Waals surface area contributed by atoms with Gasteiger partial charge in [-0.3, -0.25) is 9.59 Å². The maximum Gasteiger partial charge on any atom is 0.195 e. The van der Waals surface area contributed by atoms with E-state index in [2.05, 4.69) is 24.9 Å². The number of Topliss-reactive ketones (excluding diaryl/α,β-unsaturated/α-hetero) is 1. The fourth-order valence-corrected chi connectivity index (χ4v) is 3.74. The van der Waals surface area contributed by atoms with E-state index in [4.69, 9.17) is 5.26 Å². The number of rotatable bonds is 1. The van der Waals surface area contributed by atoms with E-state index in [0.29, 0.717) is 22.3 Å². The molecule has 0 saturated heterocycles. The summed E-state index contributed by atoms with van der Waals surface area (Å²) in [6.45, 7) is 5.62. The maximum absolute atomic E-state index is 13.2. The van der Waals surface area contributed by atoms with Crippen molar-refractivity contribution in [1.82, 2.24) is 4.98 Å². The standard InChI is InChI=1S/C21H16N2O2/c1-11(24)13-5-7-16-15(9-13)19(25)18-14-6-4-12(10-22)8-17(14)23-20(18)21(16,2)3/h4-9,23H,1-3H3. The van der Waals surface area contributed by atoms with Crippen LogP contribution in [0.5, 0.6) is 0 Å². The summed E-state index contributed by atoms with van der Waals surface area (Å²) in [6, 6.07) is 12.8. The number of nitrogens with one attached hydrogen (secondary N) is 1. The molecule has 0 unspecified atom stereocenters. The molecular weight excluding hydrogens is 312 g/mol. The monoisotopic (exact) mass is 328 g/mol. The molecule has 0 bridgehead atoms. The predicted octanol–water partition coefficient (Wildman–Crippen LogP) is 4.11. The van der Waals surface area contributed by atoms with Gasteiger partial charge in [-0.2, -0.15) is 5.26 Å². The topological polar surface area (TPSA) is 73.7 Å². The number of nitriles is 1. The number of aromatic amines is 1. The maximum atomic E-state index is 13.2. The third-order valence-electron chi connectivity index (χ3n) is 5.12. The van der Waals surface area contributed by atoms with Crippen LogP contribution in [0.3, 0.4) is 0 Å². The molecule has 0 radical (unpaired) electrons. The van der Waals surface area contributed by atoms with Crippen molar-refractivity contribution in [3.05, 3.63) is 69.9 Å². The predicted molar refractivity (Wildman–Crippen MR) is 95.0 cm³/mol. The second-order valence-electron chi connectivity index (χ2n) is 7.02. The lowest BCUT2D eigenvalue weighted by molar-refractivity contribution is 0.101. The van der Waals surface area contributed by atoms with Crippen LogP contribution in [0.15, 0.2) is 36.4 Å². The number of benzene rings is 2. The van der Waals surface area contributed by atoms with Gasteiger partial charge in [-0.25, -0.2) is 0 Å². The first-order valence-electron chi connectivity index (χ1n) is 8.11. The molecule has 1 N–H and O–H groups in total. The minimum Gasteiger partial charge on any atom is -0.357 e. The van der Waals surface area contributed by atoms with Gasteiger partial charge >= 0.3 is 0 Å². The molecule has 0 spiro atoms. The Bertz CT molecular complexity index is 1130. The summed E-state index contributed by atoms with van der Waals surface area (Å²) in [5.74, 6) is -0.139. The molecule has 1 aromatic heterocycles. The number of H-pyrrole nitrogens is 1. The molecule has 0 amide bonds. The highest BCUT2D eigenvalue weighted by Gasteiger charge is 2.39. The molecular formula is C21H16N2O2. The third-order valence-corrected chi connectivity index (χ3v) is 5.12.